The molecule has 0 saturated heterocycles. The number of hydrogen-bond donors (Lipinski definition) is 1. The number of carboxylic acids is 1. The van der Waals surface area contributed by atoms with Gasteiger partial charge < -0.3 is 14.6 Å². The van der Waals surface area contributed by atoms with E-state index < -0.39 is 16.6 Å². The first-order chi connectivity index (χ1) is 10.0. The number of hydrogen-bond acceptors (Lipinski definition) is 6. The number of carbonyl (C=O) groups is 1. The van der Waals surface area contributed by atoms with Gasteiger partial charge >= 0.3 is 11.7 Å². The van der Waals surface area contributed by atoms with Gasteiger partial charge in [-0.3, -0.25) is 10.1 Å². The lowest BCUT2D eigenvalue weighted by atomic mass is 10.3. The molecule has 0 bridgehead atoms. The van der Waals surface area contributed by atoms with Crippen molar-refractivity contribution in [3.63, 3.8) is 0 Å². The molecule has 0 saturated carbocycles. The van der Waals surface area contributed by atoms with Gasteiger partial charge in [0.05, 0.1) is 12.0 Å². The van der Waals surface area contributed by atoms with Crippen LogP contribution in [-0.4, -0.2) is 28.1 Å². The van der Waals surface area contributed by atoms with Crippen molar-refractivity contribution in [2.24, 2.45) is 0 Å². The minimum Gasteiger partial charge on any atom is -0.497 e. The number of ether oxygens (including phenoxy) is 2. The average Bonchev–Trinajstić information content (AvgIpc) is 2.47. The van der Waals surface area contributed by atoms with Crippen LogP contribution in [0.15, 0.2) is 36.4 Å². The molecule has 1 N–H and O–H groups in total. The van der Waals surface area contributed by atoms with Crippen LogP contribution in [0.2, 0.25) is 0 Å². The maximum absolute atomic E-state index is 10.9. The summed E-state index contributed by atoms with van der Waals surface area (Å²) in [5.41, 5.74) is -0.764. The molecule has 2 rings (SSSR count). The lowest BCUT2D eigenvalue weighted by molar-refractivity contribution is -0.386. The first-order valence-corrected chi connectivity index (χ1v) is 5.72. The number of methoxy groups -OCH3 is 1. The molecule has 8 nitrogen and oxygen atoms in total. The number of benzene rings is 1. The van der Waals surface area contributed by atoms with Crippen molar-refractivity contribution in [1.82, 2.24) is 4.98 Å². The molecule has 0 spiro atoms. The highest BCUT2D eigenvalue weighted by Gasteiger charge is 2.20. The van der Waals surface area contributed by atoms with Crippen molar-refractivity contribution in [3.05, 3.63) is 52.2 Å². The van der Waals surface area contributed by atoms with Crippen LogP contribution in [0, 0.1) is 10.1 Å². The van der Waals surface area contributed by atoms with Crippen LogP contribution >= 0.6 is 0 Å². The van der Waals surface area contributed by atoms with Crippen LogP contribution in [-0.2, 0) is 0 Å². The van der Waals surface area contributed by atoms with Crippen LogP contribution in [0.1, 0.15) is 10.5 Å². The van der Waals surface area contributed by atoms with E-state index in [0.717, 1.165) is 12.1 Å². The van der Waals surface area contributed by atoms with Crippen molar-refractivity contribution < 1.29 is 24.3 Å². The summed E-state index contributed by atoms with van der Waals surface area (Å²) in [6.45, 7) is 0. The quantitative estimate of drug-likeness (QED) is 0.664. The summed E-state index contributed by atoms with van der Waals surface area (Å²) < 4.78 is 10.3. The SMILES string of the molecule is COc1ccc(Oc2nc(C(=O)O)ccc2[N+](=O)[O-])cc1. The fraction of sp³-hybridized carbons (Fsp3) is 0.0769. The normalized spacial score (nSPS) is 9.95. The molecular weight excluding hydrogens is 280 g/mol. The summed E-state index contributed by atoms with van der Waals surface area (Å²) in [4.78, 5) is 24.7. The van der Waals surface area contributed by atoms with Crippen LogP contribution < -0.4 is 9.47 Å². The average molecular weight is 290 g/mol. The molecule has 108 valence electrons. The van der Waals surface area contributed by atoms with E-state index in [0.29, 0.717) is 5.75 Å². The molecule has 1 heterocycles. The van der Waals surface area contributed by atoms with Gasteiger partial charge in [0.2, 0.25) is 0 Å². The van der Waals surface area contributed by atoms with E-state index in [2.05, 4.69) is 4.98 Å². The highest BCUT2D eigenvalue weighted by atomic mass is 16.6. The van der Waals surface area contributed by atoms with E-state index in [1.54, 1.807) is 12.1 Å². The van der Waals surface area contributed by atoms with Crippen LogP contribution in [0.4, 0.5) is 5.69 Å². The van der Waals surface area contributed by atoms with Crippen molar-refractivity contribution >= 4 is 11.7 Å². The molecule has 1 aromatic heterocycles. The largest absolute Gasteiger partial charge is 0.497 e. The van der Waals surface area contributed by atoms with Crippen LogP contribution in [0.3, 0.4) is 0 Å². The van der Waals surface area contributed by atoms with Crippen molar-refractivity contribution in [2.45, 2.75) is 0 Å². The molecule has 0 aliphatic rings. The number of carboxylic acid groups (broad SMARTS) is 1. The summed E-state index contributed by atoms with van der Waals surface area (Å²) >= 11 is 0. The topological polar surface area (TPSA) is 112 Å². The first kappa shape index (κ1) is 14.3. The maximum atomic E-state index is 10.9. The fourth-order valence-corrected chi connectivity index (χ4v) is 1.52. The number of aromatic carboxylic acids is 1. The highest BCUT2D eigenvalue weighted by molar-refractivity contribution is 5.85. The summed E-state index contributed by atoms with van der Waals surface area (Å²) in [6.07, 6.45) is 0. The van der Waals surface area contributed by atoms with Crippen molar-refractivity contribution in [1.29, 1.82) is 0 Å². The molecule has 0 unspecified atom stereocenters. The van der Waals surface area contributed by atoms with Gasteiger partial charge in [0, 0.05) is 6.07 Å². The van der Waals surface area contributed by atoms with Gasteiger partial charge in [-0.05, 0) is 30.3 Å². The third kappa shape index (κ3) is 3.24. The van der Waals surface area contributed by atoms with Crippen LogP contribution in [0.5, 0.6) is 17.4 Å². The Morgan fingerprint density at radius 1 is 1.19 bits per heavy atom. The van der Waals surface area contributed by atoms with E-state index in [-0.39, 0.29) is 17.3 Å². The number of nitro groups is 1. The summed E-state index contributed by atoms with van der Waals surface area (Å²) in [7, 11) is 1.50. The molecule has 8 heteroatoms. The van der Waals surface area contributed by atoms with E-state index in [1.165, 1.54) is 19.2 Å². The number of nitrogens with zero attached hydrogens (tertiary/aromatic N) is 2. The monoisotopic (exact) mass is 290 g/mol. The van der Waals surface area contributed by atoms with E-state index in [1.807, 2.05) is 0 Å². The minimum atomic E-state index is -1.30. The molecule has 0 aliphatic heterocycles. The Bertz CT molecular complexity index is 684. The van der Waals surface area contributed by atoms with Crippen molar-refractivity contribution in [2.75, 3.05) is 7.11 Å². The zero-order chi connectivity index (χ0) is 15.4. The molecular formula is C13H10N2O6. The molecule has 0 radical (unpaired) electrons. The van der Waals surface area contributed by atoms with E-state index >= 15 is 0 Å². The first-order valence-electron chi connectivity index (χ1n) is 5.72. The molecule has 1 aromatic carbocycles. The molecule has 0 aliphatic carbocycles. The lowest BCUT2D eigenvalue weighted by Crippen LogP contribution is -2.03. The number of rotatable bonds is 5. The standard InChI is InChI=1S/C13H10N2O6/c1-20-8-2-4-9(5-3-8)21-12-11(15(18)19)7-6-10(14-12)13(16)17/h2-7H,1H3,(H,16,17). The molecule has 0 atom stereocenters. The van der Waals surface area contributed by atoms with Crippen molar-refractivity contribution in [3.8, 4) is 17.4 Å². The molecule has 2 aromatic rings. The van der Waals surface area contributed by atoms with Gasteiger partial charge in [-0.2, -0.15) is 4.98 Å². The highest BCUT2D eigenvalue weighted by Crippen LogP contribution is 2.30. The number of pyridine rings is 1. The Labute approximate surface area is 118 Å². The number of aromatic nitrogens is 1. The third-order valence-electron chi connectivity index (χ3n) is 2.53. The summed E-state index contributed by atoms with van der Waals surface area (Å²) in [5, 5.41) is 19.8. The van der Waals surface area contributed by atoms with Gasteiger partial charge in [-0.1, -0.05) is 0 Å². The second kappa shape index (κ2) is 5.87. The van der Waals surface area contributed by atoms with Gasteiger partial charge in [-0.15, -0.1) is 0 Å². The fourth-order valence-electron chi connectivity index (χ4n) is 1.52. The van der Waals surface area contributed by atoms with E-state index in [9.17, 15) is 14.9 Å². The Morgan fingerprint density at radius 2 is 1.81 bits per heavy atom. The van der Waals surface area contributed by atoms with Gasteiger partial charge in [0.25, 0.3) is 5.88 Å². The predicted octanol–water partition coefficient (Wildman–Crippen LogP) is 2.49. The Morgan fingerprint density at radius 3 is 2.33 bits per heavy atom. The lowest BCUT2D eigenvalue weighted by Gasteiger charge is -2.06. The molecule has 21 heavy (non-hydrogen) atoms. The Hall–Kier alpha value is -3.16. The summed E-state index contributed by atoms with van der Waals surface area (Å²) in [5.74, 6) is -0.826. The molecule has 0 amide bonds. The predicted molar refractivity (Wildman–Crippen MR) is 70.9 cm³/mol. The smallest absolute Gasteiger partial charge is 0.354 e. The second-order valence-electron chi connectivity index (χ2n) is 3.86. The zero-order valence-corrected chi connectivity index (χ0v) is 10.8. The third-order valence-corrected chi connectivity index (χ3v) is 2.53. The molecule has 0 fully saturated rings. The second-order valence-corrected chi connectivity index (χ2v) is 3.86. The summed E-state index contributed by atoms with van der Waals surface area (Å²) in [6, 6.07) is 8.33. The van der Waals surface area contributed by atoms with Gasteiger partial charge in [-0.25, -0.2) is 4.79 Å². The van der Waals surface area contributed by atoms with Crippen LogP contribution in [0.25, 0.3) is 0 Å². The van der Waals surface area contributed by atoms with E-state index in [4.69, 9.17) is 14.6 Å². The zero-order valence-electron chi connectivity index (χ0n) is 10.8. The van der Waals surface area contributed by atoms with Gasteiger partial charge in [0.15, 0.2) is 5.69 Å². The minimum absolute atomic E-state index is 0.272. The Kier molecular flexibility index (Phi) is 3.98. The maximum Gasteiger partial charge on any atom is 0.354 e. The van der Waals surface area contributed by atoms with Gasteiger partial charge in [0.1, 0.15) is 11.5 Å². The Balaban J connectivity index is 2.37.